The highest BCUT2D eigenvalue weighted by Gasteiger charge is 2.22. The molecule has 6 nitrogen and oxygen atoms in total. The lowest BCUT2D eigenvalue weighted by molar-refractivity contribution is -0.126. The highest BCUT2D eigenvalue weighted by atomic mass is 16.5. The topological polar surface area (TPSA) is 70.7 Å². The molecule has 118 valence electrons. The van der Waals surface area contributed by atoms with E-state index in [9.17, 15) is 9.59 Å². The first-order valence-electron chi connectivity index (χ1n) is 7.72. The molecule has 0 radical (unpaired) electrons. The van der Waals surface area contributed by atoms with E-state index in [0.29, 0.717) is 32.7 Å². The van der Waals surface area contributed by atoms with Gasteiger partial charge >= 0.3 is 0 Å². The van der Waals surface area contributed by atoms with Gasteiger partial charge in [0.2, 0.25) is 11.8 Å². The first kappa shape index (κ1) is 15.0. The van der Waals surface area contributed by atoms with Crippen LogP contribution in [0.4, 0.5) is 5.69 Å². The van der Waals surface area contributed by atoms with Gasteiger partial charge in [-0.3, -0.25) is 9.59 Å². The predicted octanol–water partition coefficient (Wildman–Crippen LogP) is 0.418. The third-order valence-electron chi connectivity index (χ3n) is 4.00. The number of benzene rings is 1. The van der Waals surface area contributed by atoms with E-state index in [1.54, 1.807) is 0 Å². The molecule has 1 aromatic rings. The van der Waals surface area contributed by atoms with Crippen LogP contribution < -0.4 is 15.5 Å². The standard InChI is InChI=1S/C16H21N3O3/c20-15-5-2-7-19(15)13-4-1-3-12(9-13)10-18-16(21)14-11-22-8-6-17-14/h1,3-4,9,14,17H,2,5-8,10-11H2,(H,18,21). The molecular weight excluding hydrogens is 282 g/mol. The van der Waals surface area contributed by atoms with Crippen molar-refractivity contribution in [1.29, 1.82) is 0 Å². The quantitative estimate of drug-likeness (QED) is 0.845. The van der Waals surface area contributed by atoms with Crippen molar-refractivity contribution in [3.63, 3.8) is 0 Å². The SMILES string of the molecule is O=C(NCc1cccc(N2CCCC2=O)c1)C1COCCN1. The van der Waals surface area contributed by atoms with E-state index in [1.807, 2.05) is 29.2 Å². The summed E-state index contributed by atoms with van der Waals surface area (Å²) in [5, 5.41) is 6.04. The molecule has 0 spiro atoms. The van der Waals surface area contributed by atoms with Crippen LogP contribution in [0, 0.1) is 0 Å². The Morgan fingerprint density at radius 2 is 2.36 bits per heavy atom. The molecule has 1 unspecified atom stereocenters. The van der Waals surface area contributed by atoms with Gasteiger partial charge in [0, 0.05) is 31.7 Å². The van der Waals surface area contributed by atoms with Gasteiger partial charge in [0.15, 0.2) is 0 Å². The highest BCUT2D eigenvalue weighted by molar-refractivity contribution is 5.95. The van der Waals surface area contributed by atoms with Crippen molar-refractivity contribution in [2.45, 2.75) is 25.4 Å². The molecule has 3 rings (SSSR count). The Kier molecular flexibility index (Phi) is 4.70. The second-order valence-electron chi connectivity index (χ2n) is 5.62. The number of nitrogens with one attached hydrogen (secondary N) is 2. The Morgan fingerprint density at radius 1 is 1.45 bits per heavy atom. The van der Waals surface area contributed by atoms with Crippen LogP contribution in [0.1, 0.15) is 18.4 Å². The van der Waals surface area contributed by atoms with Crippen LogP contribution in [0.5, 0.6) is 0 Å². The van der Waals surface area contributed by atoms with Crippen molar-refractivity contribution in [1.82, 2.24) is 10.6 Å². The van der Waals surface area contributed by atoms with Crippen LogP contribution in [0.2, 0.25) is 0 Å². The van der Waals surface area contributed by atoms with E-state index >= 15 is 0 Å². The minimum Gasteiger partial charge on any atom is -0.378 e. The van der Waals surface area contributed by atoms with Gasteiger partial charge in [0.05, 0.1) is 13.2 Å². The van der Waals surface area contributed by atoms with Gasteiger partial charge in [-0.1, -0.05) is 12.1 Å². The number of hydrogen-bond acceptors (Lipinski definition) is 4. The predicted molar refractivity (Wildman–Crippen MR) is 82.5 cm³/mol. The first-order valence-corrected chi connectivity index (χ1v) is 7.72. The summed E-state index contributed by atoms with van der Waals surface area (Å²) in [5.41, 5.74) is 1.90. The number of hydrogen-bond donors (Lipinski definition) is 2. The summed E-state index contributed by atoms with van der Waals surface area (Å²) in [5.74, 6) is 0.118. The van der Waals surface area contributed by atoms with E-state index in [1.165, 1.54) is 0 Å². The van der Waals surface area contributed by atoms with Crippen molar-refractivity contribution in [3.8, 4) is 0 Å². The molecule has 0 saturated carbocycles. The third kappa shape index (κ3) is 3.45. The Balaban J connectivity index is 1.58. The maximum Gasteiger partial charge on any atom is 0.239 e. The number of nitrogens with zero attached hydrogens (tertiary/aromatic N) is 1. The molecule has 2 heterocycles. The summed E-state index contributed by atoms with van der Waals surface area (Å²) in [4.78, 5) is 25.6. The molecule has 1 aromatic carbocycles. The second kappa shape index (κ2) is 6.89. The van der Waals surface area contributed by atoms with Crippen molar-refractivity contribution in [2.75, 3.05) is 31.2 Å². The largest absolute Gasteiger partial charge is 0.378 e. The first-order chi connectivity index (χ1) is 10.7. The minimum absolute atomic E-state index is 0.0534. The maximum atomic E-state index is 12.0. The van der Waals surface area contributed by atoms with E-state index in [0.717, 1.165) is 24.2 Å². The fraction of sp³-hybridized carbons (Fsp3) is 0.500. The van der Waals surface area contributed by atoms with Crippen LogP contribution in [-0.4, -0.2) is 44.2 Å². The van der Waals surface area contributed by atoms with E-state index in [-0.39, 0.29) is 17.9 Å². The Morgan fingerprint density at radius 3 is 3.09 bits per heavy atom. The van der Waals surface area contributed by atoms with Crippen LogP contribution in [-0.2, 0) is 20.9 Å². The number of anilines is 1. The average molecular weight is 303 g/mol. The minimum atomic E-state index is -0.280. The number of rotatable bonds is 4. The summed E-state index contributed by atoms with van der Waals surface area (Å²) in [6.45, 7) is 2.99. The van der Waals surface area contributed by atoms with Gasteiger partial charge in [0.1, 0.15) is 6.04 Å². The molecule has 0 aliphatic carbocycles. The second-order valence-corrected chi connectivity index (χ2v) is 5.62. The van der Waals surface area contributed by atoms with Crippen molar-refractivity contribution in [2.24, 2.45) is 0 Å². The van der Waals surface area contributed by atoms with Gasteiger partial charge < -0.3 is 20.3 Å². The zero-order chi connectivity index (χ0) is 15.4. The molecule has 1 atom stereocenters. The van der Waals surface area contributed by atoms with Gasteiger partial charge in [-0.2, -0.15) is 0 Å². The lowest BCUT2D eigenvalue weighted by Gasteiger charge is -2.23. The summed E-state index contributed by atoms with van der Waals surface area (Å²) in [6, 6.07) is 7.50. The average Bonchev–Trinajstić information content (AvgIpc) is 3.00. The molecule has 2 saturated heterocycles. The molecule has 2 aliphatic heterocycles. The van der Waals surface area contributed by atoms with E-state index in [2.05, 4.69) is 10.6 Å². The van der Waals surface area contributed by atoms with Crippen molar-refractivity contribution < 1.29 is 14.3 Å². The number of amides is 2. The van der Waals surface area contributed by atoms with Crippen molar-refractivity contribution in [3.05, 3.63) is 29.8 Å². The fourth-order valence-electron chi connectivity index (χ4n) is 2.80. The number of carbonyl (C=O) groups excluding carboxylic acids is 2. The van der Waals surface area contributed by atoms with Gasteiger partial charge in [-0.25, -0.2) is 0 Å². The Bertz CT molecular complexity index is 555. The van der Waals surface area contributed by atoms with Crippen molar-refractivity contribution >= 4 is 17.5 Å². The molecule has 6 heteroatoms. The lowest BCUT2D eigenvalue weighted by Crippen LogP contribution is -2.51. The van der Waals surface area contributed by atoms with Gasteiger partial charge in [-0.05, 0) is 24.1 Å². The van der Waals surface area contributed by atoms with Crippen LogP contribution >= 0.6 is 0 Å². The smallest absolute Gasteiger partial charge is 0.239 e. The molecular formula is C16H21N3O3. The Hall–Kier alpha value is -1.92. The lowest BCUT2D eigenvalue weighted by atomic mass is 10.1. The van der Waals surface area contributed by atoms with Crippen LogP contribution in [0.15, 0.2) is 24.3 Å². The maximum absolute atomic E-state index is 12.0. The molecule has 0 bridgehead atoms. The molecule has 2 N–H and O–H groups in total. The zero-order valence-corrected chi connectivity index (χ0v) is 12.5. The molecule has 2 aliphatic rings. The normalized spacial score (nSPS) is 21.9. The number of ether oxygens (including phenoxy) is 1. The van der Waals surface area contributed by atoms with Gasteiger partial charge in [-0.15, -0.1) is 0 Å². The monoisotopic (exact) mass is 303 g/mol. The highest BCUT2D eigenvalue weighted by Crippen LogP contribution is 2.22. The Labute approximate surface area is 129 Å². The van der Waals surface area contributed by atoms with Crippen LogP contribution in [0.3, 0.4) is 0 Å². The summed E-state index contributed by atoms with van der Waals surface area (Å²) in [6.07, 6.45) is 1.53. The number of morpholine rings is 1. The fourth-order valence-corrected chi connectivity index (χ4v) is 2.80. The third-order valence-corrected chi connectivity index (χ3v) is 4.00. The summed E-state index contributed by atoms with van der Waals surface area (Å²) < 4.78 is 5.29. The van der Waals surface area contributed by atoms with E-state index in [4.69, 9.17) is 4.74 Å². The van der Waals surface area contributed by atoms with Gasteiger partial charge in [0.25, 0.3) is 0 Å². The summed E-state index contributed by atoms with van der Waals surface area (Å²) in [7, 11) is 0. The summed E-state index contributed by atoms with van der Waals surface area (Å²) >= 11 is 0. The molecule has 2 fully saturated rings. The molecule has 0 aromatic heterocycles. The molecule has 22 heavy (non-hydrogen) atoms. The zero-order valence-electron chi connectivity index (χ0n) is 12.5. The van der Waals surface area contributed by atoms with Crippen LogP contribution in [0.25, 0.3) is 0 Å². The van der Waals surface area contributed by atoms with E-state index < -0.39 is 0 Å². The molecule has 2 amide bonds. The number of carbonyl (C=O) groups is 2.